The van der Waals surface area contributed by atoms with Gasteiger partial charge in [-0.05, 0) is 36.8 Å². The molecule has 2 aromatic carbocycles. The number of rotatable bonds is 1. The fraction of sp³-hybridized carbons (Fsp3) is 0.125. The second kappa shape index (κ2) is 4.81. The molecule has 0 unspecified atom stereocenters. The van der Waals surface area contributed by atoms with Crippen molar-refractivity contribution in [3.8, 4) is 5.75 Å². The van der Waals surface area contributed by atoms with Crippen LogP contribution in [0.15, 0.2) is 47.5 Å². The number of carbonyl (C=O) groups excluding carboxylic acids is 1. The quantitative estimate of drug-likeness (QED) is 0.832. The third-order valence-electron chi connectivity index (χ3n) is 3.22. The highest BCUT2D eigenvalue weighted by atomic mass is 16.3. The van der Waals surface area contributed by atoms with Crippen molar-refractivity contribution >= 4 is 23.0 Å². The van der Waals surface area contributed by atoms with E-state index >= 15 is 0 Å². The van der Waals surface area contributed by atoms with E-state index in [1.165, 1.54) is 0 Å². The first-order valence-corrected chi connectivity index (χ1v) is 6.40. The van der Waals surface area contributed by atoms with Crippen molar-refractivity contribution in [1.82, 2.24) is 0 Å². The Hall–Kier alpha value is -2.62. The monoisotopic (exact) mass is 266 g/mol. The van der Waals surface area contributed by atoms with E-state index in [2.05, 4.69) is 10.3 Å². The third-order valence-corrected chi connectivity index (χ3v) is 3.22. The largest absolute Gasteiger partial charge is 0.507 e. The summed E-state index contributed by atoms with van der Waals surface area (Å²) in [5.41, 5.74) is 3.64. The van der Waals surface area contributed by atoms with E-state index in [1.54, 1.807) is 18.2 Å². The number of phenolic OH excluding ortho intramolecular Hbond substituents is 1. The Morgan fingerprint density at radius 1 is 1.20 bits per heavy atom. The van der Waals surface area contributed by atoms with Crippen LogP contribution in [0.3, 0.4) is 0 Å². The summed E-state index contributed by atoms with van der Waals surface area (Å²) in [5, 5.41) is 12.8. The fourth-order valence-electron chi connectivity index (χ4n) is 2.25. The van der Waals surface area contributed by atoms with Gasteiger partial charge >= 0.3 is 0 Å². The Bertz CT molecular complexity index is 720. The van der Waals surface area contributed by atoms with Crippen LogP contribution in [0, 0.1) is 6.92 Å². The number of aliphatic imine (C=N–C) groups is 1. The number of nitrogens with zero attached hydrogens (tertiary/aromatic N) is 1. The minimum atomic E-state index is -0.128. The molecule has 1 aliphatic rings. The number of amides is 1. The van der Waals surface area contributed by atoms with Gasteiger partial charge in [-0.1, -0.05) is 18.2 Å². The molecule has 0 aliphatic carbocycles. The molecule has 20 heavy (non-hydrogen) atoms. The molecule has 2 N–H and O–H groups in total. The maximum Gasteiger partial charge on any atom is 0.230 e. The van der Waals surface area contributed by atoms with Crippen LogP contribution < -0.4 is 5.32 Å². The highest BCUT2D eigenvalue weighted by Crippen LogP contribution is 2.31. The van der Waals surface area contributed by atoms with Gasteiger partial charge in [-0.3, -0.25) is 4.79 Å². The van der Waals surface area contributed by atoms with Crippen LogP contribution in [0.2, 0.25) is 0 Å². The topological polar surface area (TPSA) is 61.7 Å². The first-order valence-electron chi connectivity index (χ1n) is 6.40. The molecule has 1 aliphatic heterocycles. The fourth-order valence-corrected chi connectivity index (χ4v) is 2.25. The van der Waals surface area contributed by atoms with Crippen LogP contribution in [-0.2, 0) is 4.79 Å². The van der Waals surface area contributed by atoms with E-state index in [0.717, 1.165) is 5.56 Å². The molecule has 0 aromatic heterocycles. The van der Waals surface area contributed by atoms with Crippen LogP contribution in [0.25, 0.3) is 0 Å². The number of benzene rings is 2. The highest BCUT2D eigenvalue weighted by Gasteiger charge is 2.18. The van der Waals surface area contributed by atoms with Crippen molar-refractivity contribution in [3.05, 3.63) is 53.6 Å². The number of fused-ring (bicyclic) bond motifs is 1. The van der Waals surface area contributed by atoms with Crippen molar-refractivity contribution < 1.29 is 9.90 Å². The molecule has 2 aromatic rings. The van der Waals surface area contributed by atoms with Crippen molar-refractivity contribution in [2.75, 3.05) is 5.32 Å². The SMILES string of the molecule is Cc1ccc2c(c1)NC(=O)CC(c1ccccc1O)=N2. The molecule has 100 valence electrons. The van der Waals surface area contributed by atoms with Gasteiger partial charge in [-0.15, -0.1) is 0 Å². The third kappa shape index (κ3) is 2.28. The Labute approximate surface area is 116 Å². The van der Waals surface area contributed by atoms with Crippen LogP contribution in [0.5, 0.6) is 5.75 Å². The van der Waals surface area contributed by atoms with Crippen LogP contribution in [-0.4, -0.2) is 16.7 Å². The first-order chi connectivity index (χ1) is 9.63. The maximum atomic E-state index is 12.0. The molecule has 0 spiro atoms. The molecule has 1 amide bonds. The van der Waals surface area contributed by atoms with Gasteiger partial charge in [-0.25, -0.2) is 4.99 Å². The van der Waals surface area contributed by atoms with Crippen LogP contribution in [0.1, 0.15) is 17.5 Å². The number of aryl methyl sites for hydroxylation is 1. The van der Waals surface area contributed by atoms with Crippen molar-refractivity contribution in [2.45, 2.75) is 13.3 Å². The average Bonchev–Trinajstić information content (AvgIpc) is 2.56. The Morgan fingerprint density at radius 2 is 2.00 bits per heavy atom. The number of hydrogen-bond donors (Lipinski definition) is 2. The molecule has 4 heteroatoms. The molecule has 3 rings (SSSR count). The molecule has 0 atom stereocenters. The highest BCUT2D eigenvalue weighted by molar-refractivity contribution is 6.17. The first kappa shape index (κ1) is 12.4. The minimum Gasteiger partial charge on any atom is -0.507 e. The zero-order valence-corrected chi connectivity index (χ0v) is 11.1. The normalized spacial score (nSPS) is 14.1. The maximum absolute atomic E-state index is 12.0. The summed E-state index contributed by atoms with van der Waals surface area (Å²) >= 11 is 0. The standard InChI is InChI=1S/C16H14N2O2/c1-10-6-7-12-14(8-10)18-16(20)9-13(17-12)11-4-2-3-5-15(11)19/h2-8,19H,9H2,1H3,(H,18,20). The number of phenols is 1. The van der Waals surface area contributed by atoms with E-state index in [1.807, 2.05) is 31.2 Å². The summed E-state index contributed by atoms with van der Waals surface area (Å²) in [7, 11) is 0. The van der Waals surface area contributed by atoms with E-state index in [-0.39, 0.29) is 18.1 Å². The molecule has 0 fully saturated rings. The smallest absolute Gasteiger partial charge is 0.230 e. The average molecular weight is 266 g/mol. The van der Waals surface area contributed by atoms with Gasteiger partial charge < -0.3 is 10.4 Å². The number of para-hydroxylation sites is 1. The second-order valence-electron chi connectivity index (χ2n) is 4.82. The molecular formula is C16H14N2O2. The number of aromatic hydroxyl groups is 1. The Kier molecular flexibility index (Phi) is 2.99. The van der Waals surface area contributed by atoms with E-state index in [4.69, 9.17) is 0 Å². The van der Waals surface area contributed by atoms with Crippen molar-refractivity contribution in [3.63, 3.8) is 0 Å². The summed E-state index contributed by atoms with van der Waals surface area (Å²) in [5.74, 6) is 0.00552. The molecule has 4 nitrogen and oxygen atoms in total. The van der Waals surface area contributed by atoms with Gasteiger partial charge in [0.2, 0.25) is 5.91 Å². The lowest BCUT2D eigenvalue weighted by atomic mass is 10.1. The molecule has 0 bridgehead atoms. The van der Waals surface area contributed by atoms with Crippen molar-refractivity contribution in [1.29, 1.82) is 0 Å². The zero-order chi connectivity index (χ0) is 14.1. The summed E-state index contributed by atoms with van der Waals surface area (Å²) in [4.78, 5) is 16.5. The van der Waals surface area contributed by atoms with Gasteiger partial charge in [-0.2, -0.15) is 0 Å². The lowest BCUT2D eigenvalue weighted by molar-refractivity contribution is -0.115. The molecule has 0 saturated heterocycles. The van der Waals surface area contributed by atoms with E-state index in [9.17, 15) is 9.90 Å². The number of nitrogens with one attached hydrogen (secondary N) is 1. The summed E-state index contributed by atoms with van der Waals surface area (Å²) in [6.07, 6.45) is 0.144. The Morgan fingerprint density at radius 3 is 2.80 bits per heavy atom. The van der Waals surface area contributed by atoms with Gasteiger partial charge in [0.05, 0.1) is 23.5 Å². The molecular weight excluding hydrogens is 252 g/mol. The lowest BCUT2D eigenvalue weighted by Gasteiger charge is -2.05. The van der Waals surface area contributed by atoms with E-state index < -0.39 is 0 Å². The molecule has 1 heterocycles. The predicted molar refractivity (Wildman–Crippen MR) is 78.7 cm³/mol. The number of hydrogen-bond acceptors (Lipinski definition) is 3. The van der Waals surface area contributed by atoms with Gasteiger partial charge in [0.1, 0.15) is 5.75 Å². The second-order valence-corrected chi connectivity index (χ2v) is 4.82. The van der Waals surface area contributed by atoms with Gasteiger partial charge in [0, 0.05) is 5.56 Å². The minimum absolute atomic E-state index is 0.128. The summed E-state index contributed by atoms with van der Waals surface area (Å²) < 4.78 is 0. The van der Waals surface area contributed by atoms with Gasteiger partial charge in [0.25, 0.3) is 0 Å². The van der Waals surface area contributed by atoms with Crippen molar-refractivity contribution in [2.24, 2.45) is 4.99 Å². The van der Waals surface area contributed by atoms with E-state index in [0.29, 0.717) is 22.6 Å². The molecule has 0 saturated carbocycles. The Balaban J connectivity index is 2.14. The summed E-state index contributed by atoms with van der Waals surface area (Å²) in [6.45, 7) is 1.96. The van der Waals surface area contributed by atoms with Crippen LogP contribution >= 0.6 is 0 Å². The summed E-state index contributed by atoms with van der Waals surface area (Å²) in [6, 6.07) is 12.6. The van der Waals surface area contributed by atoms with Gasteiger partial charge in [0.15, 0.2) is 0 Å². The predicted octanol–water partition coefficient (Wildman–Crippen LogP) is 3.16. The number of carbonyl (C=O) groups is 1. The van der Waals surface area contributed by atoms with Crippen LogP contribution in [0.4, 0.5) is 11.4 Å². The lowest BCUT2D eigenvalue weighted by Crippen LogP contribution is -2.15. The number of anilines is 1. The zero-order valence-electron chi connectivity index (χ0n) is 11.1. The molecule has 0 radical (unpaired) electrons.